The number of nitrogens with one attached hydrogen (secondary N) is 3. The number of amides is 1. The summed E-state index contributed by atoms with van der Waals surface area (Å²) in [6, 6.07) is 22.6. The highest BCUT2D eigenvalue weighted by Crippen LogP contribution is 2.22. The third-order valence-electron chi connectivity index (χ3n) is 4.81. The first-order valence-electron chi connectivity index (χ1n) is 9.20. The summed E-state index contributed by atoms with van der Waals surface area (Å²) in [7, 11) is 0. The maximum absolute atomic E-state index is 12.4. The van der Waals surface area contributed by atoms with Crippen molar-refractivity contribution in [2.75, 3.05) is 5.32 Å². The van der Waals surface area contributed by atoms with E-state index in [1.54, 1.807) is 0 Å². The summed E-state index contributed by atoms with van der Waals surface area (Å²) in [6.45, 7) is -0.0613. The predicted molar refractivity (Wildman–Crippen MR) is 113 cm³/mol. The van der Waals surface area contributed by atoms with Crippen LogP contribution in [0.1, 0.15) is 0 Å². The van der Waals surface area contributed by atoms with Crippen LogP contribution in [0.15, 0.2) is 77.6 Å². The number of benzene rings is 3. The summed E-state index contributed by atoms with van der Waals surface area (Å²) in [6.07, 6.45) is 0. The number of carbonyl (C=O) groups is 1. The zero-order valence-corrected chi connectivity index (χ0v) is 15.3. The monoisotopic (exact) mass is 383 g/mol. The Balaban J connectivity index is 1.33. The van der Waals surface area contributed by atoms with Gasteiger partial charge in [-0.05, 0) is 48.5 Å². The molecule has 29 heavy (non-hydrogen) atoms. The van der Waals surface area contributed by atoms with Crippen molar-refractivity contribution in [1.82, 2.24) is 19.5 Å². The van der Waals surface area contributed by atoms with Crippen LogP contribution in [0.3, 0.4) is 0 Å². The van der Waals surface area contributed by atoms with Crippen LogP contribution in [-0.4, -0.2) is 25.4 Å². The minimum Gasteiger partial charge on any atom is -0.338 e. The van der Waals surface area contributed by atoms with Crippen molar-refractivity contribution in [3.05, 3.63) is 83.3 Å². The molecule has 2 heterocycles. The second kappa shape index (κ2) is 6.79. The summed E-state index contributed by atoms with van der Waals surface area (Å²) in [5.41, 5.74) is 4.57. The number of para-hydroxylation sites is 4. The standard InChI is InChI=1S/C22H17N5O2/c28-20(13-27-19-8-4-3-7-18(19)26-22(27)29)23-15-11-9-14(10-12-15)21-24-16-5-1-2-6-17(16)25-21/h1-12H,13H2,(H,23,28)(H,24,25)(H,26,29). The molecule has 0 unspecified atom stereocenters. The number of aromatic amines is 2. The number of nitrogens with zero attached hydrogens (tertiary/aromatic N) is 2. The molecule has 0 saturated heterocycles. The number of carbonyl (C=O) groups excluding carboxylic acids is 1. The zero-order valence-electron chi connectivity index (χ0n) is 15.3. The lowest BCUT2D eigenvalue weighted by Crippen LogP contribution is -2.25. The molecule has 0 aliphatic rings. The lowest BCUT2D eigenvalue weighted by molar-refractivity contribution is -0.116. The van der Waals surface area contributed by atoms with Crippen molar-refractivity contribution in [1.29, 1.82) is 0 Å². The maximum Gasteiger partial charge on any atom is 0.326 e. The fourth-order valence-corrected chi connectivity index (χ4v) is 3.41. The van der Waals surface area contributed by atoms with E-state index >= 15 is 0 Å². The molecule has 142 valence electrons. The van der Waals surface area contributed by atoms with E-state index in [0.29, 0.717) is 16.7 Å². The van der Waals surface area contributed by atoms with E-state index < -0.39 is 0 Å². The quantitative estimate of drug-likeness (QED) is 0.443. The van der Waals surface area contributed by atoms with Crippen molar-refractivity contribution in [3.63, 3.8) is 0 Å². The van der Waals surface area contributed by atoms with Crippen molar-refractivity contribution in [2.45, 2.75) is 6.54 Å². The molecule has 0 atom stereocenters. The van der Waals surface area contributed by atoms with Gasteiger partial charge < -0.3 is 15.3 Å². The van der Waals surface area contributed by atoms with E-state index in [1.165, 1.54) is 4.57 Å². The summed E-state index contributed by atoms with van der Waals surface area (Å²) in [4.78, 5) is 35.2. The molecule has 5 aromatic rings. The molecule has 5 rings (SSSR count). The Bertz CT molecular complexity index is 1360. The first kappa shape index (κ1) is 17.0. The molecule has 0 spiro atoms. The minimum atomic E-state index is -0.304. The highest BCUT2D eigenvalue weighted by Gasteiger charge is 2.11. The largest absolute Gasteiger partial charge is 0.338 e. The van der Waals surface area contributed by atoms with Gasteiger partial charge in [0.1, 0.15) is 12.4 Å². The van der Waals surface area contributed by atoms with E-state index in [1.807, 2.05) is 72.8 Å². The average Bonchev–Trinajstić information content (AvgIpc) is 3.30. The van der Waals surface area contributed by atoms with Crippen LogP contribution in [0, 0.1) is 0 Å². The minimum absolute atomic E-state index is 0.0613. The highest BCUT2D eigenvalue weighted by atomic mass is 16.2. The number of rotatable bonds is 4. The zero-order chi connectivity index (χ0) is 19.8. The van der Waals surface area contributed by atoms with Crippen LogP contribution in [0.4, 0.5) is 5.69 Å². The van der Waals surface area contributed by atoms with Gasteiger partial charge in [0.15, 0.2) is 0 Å². The second-order valence-corrected chi connectivity index (χ2v) is 6.76. The Morgan fingerprint density at radius 2 is 1.62 bits per heavy atom. The molecular formula is C22H17N5O2. The van der Waals surface area contributed by atoms with Gasteiger partial charge in [-0.3, -0.25) is 9.36 Å². The number of aromatic nitrogens is 4. The predicted octanol–water partition coefficient (Wildman–Crippen LogP) is 3.51. The van der Waals surface area contributed by atoms with Gasteiger partial charge in [-0.15, -0.1) is 0 Å². The van der Waals surface area contributed by atoms with Gasteiger partial charge in [-0.2, -0.15) is 0 Å². The van der Waals surface area contributed by atoms with Gasteiger partial charge in [-0.25, -0.2) is 9.78 Å². The normalized spacial score (nSPS) is 11.2. The summed E-state index contributed by atoms with van der Waals surface area (Å²) in [5.74, 6) is 0.503. The maximum atomic E-state index is 12.4. The van der Waals surface area contributed by atoms with E-state index in [9.17, 15) is 9.59 Å². The molecule has 0 bridgehead atoms. The van der Waals surface area contributed by atoms with Gasteiger partial charge in [0, 0.05) is 11.3 Å². The number of fused-ring (bicyclic) bond motifs is 2. The Kier molecular flexibility index (Phi) is 3.98. The van der Waals surface area contributed by atoms with Crippen LogP contribution in [0.5, 0.6) is 0 Å². The van der Waals surface area contributed by atoms with E-state index in [4.69, 9.17) is 0 Å². The fourth-order valence-electron chi connectivity index (χ4n) is 3.41. The van der Waals surface area contributed by atoms with Gasteiger partial charge >= 0.3 is 5.69 Å². The molecule has 7 heteroatoms. The van der Waals surface area contributed by atoms with Gasteiger partial charge in [0.05, 0.1) is 22.1 Å². The molecule has 0 aliphatic heterocycles. The van der Waals surface area contributed by atoms with E-state index in [0.717, 1.165) is 22.4 Å². The summed E-state index contributed by atoms with van der Waals surface area (Å²) >= 11 is 0. The molecule has 0 aliphatic carbocycles. The molecule has 1 amide bonds. The molecular weight excluding hydrogens is 366 g/mol. The number of H-pyrrole nitrogens is 2. The van der Waals surface area contributed by atoms with Crippen LogP contribution >= 0.6 is 0 Å². The van der Waals surface area contributed by atoms with Crippen LogP contribution in [0.2, 0.25) is 0 Å². The van der Waals surface area contributed by atoms with Crippen LogP contribution in [0.25, 0.3) is 33.5 Å². The van der Waals surface area contributed by atoms with Crippen molar-refractivity contribution >= 4 is 33.7 Å². The number of hydrogen-bond donors (Lipinski definition) is 3. The number of imidazole rings is 2. The fraction of sp³-hybridized carbons (Fsp3) is 0.0455. The van der Waals surface area contributed by atoms with Gasteiger partial charge in [-0.1, -0.05) is 24.3 Å². The number of hydrogen-bond acceptors (Lipinski definition) is 3. The molecule has 0 saturated carbocycles. The topological polar surface area (TPSA) is 95.6 Å². The molecule has 0 fully saturated rings. The first-order valence-corrected chi connectivity index (χ1v) is 9.20. The van der Waals surface area contributed by atoms with Crippen molar-refractivity contribution < 1.29 is 4.79 Å². The lowest BCUT2D eigenvalue weighted by atomic mass is 10.2. The molecule has 3 N–H and O–H groups in total. The molecule has 7 nitrogen and oxygen atoms in total. The Morgan fingerprint density at radius 1 is 0.897 bits per heavy atom. The van der Waals surface area contributed by atoms with E-state index in [-0.39, 0.29) is 18.1 Å². The molecule has 0 radical (unpaired) electrons. The lowest BCUT2D eigenvalue weighted by Gasteiger charge is -2.07. The van der Waals surface area contributed by atoms with Crippen molar-refractivity contribution in [3.8, 4) is 11.4 Å². The van der Waals surface area contributed by atoms with Gasteiger partial charge in [0.2, 0.25) is 5.91 Å². The average molecular weight is 383 g/mol. The molecule has 2 aromatic heterocycles. The Morgan fingerprint density at radius 3 is 2.41 bits per heavy atom. The first-order chi connectivity index (χ1) is 14.2. The van der Waals surface area contributed by atoms with Crippen LogP contribution < -0.4 is 11.0 Å². The van der Waals surface area contributed by atoms with E-state index in [2.05, 4.69) is 20.3 Å². The van der Waals surface area contributed by atoms with Crippen LogP contribution in [-0.2, 0) is 11.3 Å². The summed E-state index contributed by atoms with van der Waals surface area (Å²) in [5, 5.41) is 2.83. The third kappa shape index (κ3) is 3.19. The second-order valence-electron chi connectivity index (χ2n) is 6.76. The third-order valence-corrected chi connectivity index (χ3v) is 4.81. The van der Waals surface area contributed by atoms with Gasteiger partial charge in [0.25, 0.3) is 0 Å². The smallest absolute Gasteiger partial charge is 0.326 e. The Labute approximate surface area is 165 Å². The van der Waals surface area contributed by atoms with Crippen molar-refractivity contribution in [2.24, 2.45) is 0 Å². The Hall–Kier alpha value is -4.13. The summed E-state index contributed by atoms with van der Waals surface area (Å²) < 4.78 is 1.42. The SMILES string of the molecule is O=C(Cn1c(=O)[nH]c2ccccc21)Nc1ccc(-c2nc3ccccc3[nH]2)cc1. The molecule has 3 aromatic carbocycles. The number of anilines is 1. The highest BCUT2D eigenvalue weighted by molar-refractivity contribution is 5.92.